The molecule has 2 aromatic carbocycles. The van der Waals surface area contributed by atoms with E-state index in [1.54, 1.807) is 45.0 Å². The van der Waals surface area contributed by atoms with Crippen LogP contribution in [-0.2, 0) is 9.53 Å². The number of benzene rings is 2. The van der Waals surface area contributed by atoms with Crippen LogP contribution in [0.25, 0.3) is 21.9 Å². The van der Waals surface area contributed by atoms with Gasteiger partial charge in [-0.3, -0.25) is 4.79 Å². The minimum absolute atomic E-state index is 0.00527. The SMILES string of the molecule is CSCC[C@@H](NC(=O)OC(C)(C)C)C(=O)Oc1cc(O)c2c(=O)c3ccccc3oc2c1. The quantitative estimate of drug-likeness (QED) is 0.320. The van der Waals surface area contributed by atoms with Crippen LogP contribution in [0.4, 0.5) is 4.79 Å². The molecular formula is C23H25NO7S. The summed E-state index contributed by atoms with van der Waals surface area (Å²) in [5.74, 6) is -0.518. The molecule has 2 N–H and O–H groups in total. The molecule has 0 aliphatic rings. The fourth-order valence-corrected chi connectivity index (χ4v) is 3.53. The van der Waals surface area contributed by atoms with Gasteiger partial charge in [-0.15, -0.1) is 0 Å². The molecule has 1 aromatic heterocycles. The second kappa shape index (κ2) is 9.52. The van der Waals surface area contributed by atoms with Gasteiger partial charge in [0.15, 0.2) is 0 Å². The van der Waals surface area contributed by atoms with E-state index < -0.39 is 23.7 Å². The molecule has 0 aliphatic heterocycles. The van der Waals surface area contributed by atoms with Crippen molar-refractivity contribution in [3.8, 4) is 11.5 Å². The number of ether oxygens (including phenoxy) is 2. The molecule has 1 heterocycles. The van der Waals surface area contributed by atoms with E-state index in [0.29, 0.717) is 23.1 Å². The molecule has 0 spiro atoms. The van der Waals surface area contributed by atoms with Crippen LogP contribution in [0.5, 0.6) is 11.5 Å². The number of hydrogen-bond donors (Lipinski definition) is 2. The third-order valence-corrected chi connectivity index (χ3v) is 5.08. The van der Waals surface area contributed by atoms with E-state index in [-0.39, 0.29) is 27.9 Å². The summed E-state index contributed by atoms with van der Waals surface area (Å²) in [5, 5.41) is 13.3. The number of amides is 1. The number of para-hydroxylation sites is 1. The zero-order valence-electron chi connectivity index (χ0n) is 18.3. The van der Waals surface area contributed by atoms with Gasteiger partial charge in [0, 0.05) is 12.1 Å². The van der Waals surface area contributed by atoms with Gasteiger partial charge in [0.25, 0.3) is 0 Å². The molecule has 170 valence electrons. The monoisotopic (exact) mass is 459 g/mol. The summed E-state index contributed by atoms with van der Waals surface area (Å²) in [7, 11) is 0. The van der Waals surface area contributed by atoms with E-state index in [2.05, 4.69) is 5.32 Å². The molecule has 3 rings (SSSR count). The Kier molecular flexibility index (Phi) is 6.98. The number of carbonyl (C=O) groups is 2. The predicted molar refractivity (Wildman–Crippen MR) is 123 cm³/mol. The first-order valence-corrected chi connectivity index (χ1v) is 11.4. The number of hydrogen-bond acceptors (Lipinski definition) is 8. The van der Waals surface area contributed by atoms with Crippen molar-refractivity contribution in [3.05, 3.63) is 46.6 Å². The van der Waals surface area contributed by atoms with E-state index in [0.717, 1.165) is 0 Å². The Morgan fingerprint density at radius 3 is 2.59 bits per heavy atom. The Morgan fingerprint density at radius 2 is 1.91 bits per heavy atom. The lowest BCUT2D eigenvalue weighted by atomic mass is 10.1. The van der Waals surface area contributed by atoms with E-state index in [1.165, 1.54) is 23.9 Å². The minimum Gasteiger partial charge on any atom is -0.507 e. The normalized spacial score (nSPS) is 12.5. The highest BCUT2D eigenvalue weighted by atomic mass is 32.2. The Labute approximate surface area is 188 Å². The molecule has 1 amide bonds. The van der Waals surface area contributed by atoms with Gasteiger partial charge in [0.05, 0.1) is 5.39 Å². The summed E-state index contributed by atoms with van der Waals surface area (Å²) < 4.78 is 16.4. The van der Waals surface area contributed by atoms with Crippen molar-refractivity contribution in [2.45, 2.75) is 38.8 Å². The molecule has 0 radical (unpaired) electrons. The Bertz CT molecular complexity index is 1210. The molecule has 0 fully saturated rings. The molecule has 8 nitrogen and oxygen atoms in total. The van der Waals surface area contributed by atoms with Gasteiger partial charge < -0.3 is 24.3 Å². The van der Waals surface area contributed by atoms with Gasteiger partial charge in [-0.25, -0.2) is 9.59 Å². The Morgan fingerprint density at radius 1 is 1.19 bits per heavy atom. The maximum absolute atomic E-state index is 12.8. The van der Waals surface area contributed by atoms with Crippen molar-refractivity contribution >= 4 is 45.8 Å². The van der Waals surface area contributed by atoms with Gasteiger partial charge in [-0.05, 0) is 51.3 Å². The first-order chi connectivity index (χ1) is 15.1. The molecule has 9 heteroatoms. The average molecular weight is 460 g/mol. The third kappa shape index (κ3) is 5.53. The van der Waals surface area contributed by atoms with E-state index in [4.69, 9.17) is 13.9 Å². The number of aromatic hydroxyl groups is 1. The maximum Gasteiger partial charge on any atom is 0.408 e. The van der Waals surface area contributed by atoms with Gasteiger partial charge in [0.2, 0.25) is 5.43 Å². The summed E-state index contributed by atoms with van der Waals surface area (Å²) >= 11 is 1.51. The minimum atomic E-state index is -0.959. The Hall–Kier alpha value is -3.20. The largest absolute Gasteiger partial charge is 0.507 e. The standard InChI is InChI=1S/C23H25NO7S/c1-23(2,3)31-22(28)24-15(9-10-32-4)21(27)29-13-11-16(25)19-18(12-13)30-17-8-6-5-7-14(17)20(19)26/h5-8,11-12,15,25H,9-10H2,1-4H3,(H,24,28)/t15-/m1/s1. The second-order valence-electron chi connectivity index (χ2n) is 8.14. The molecule has 0 saturated carbocycles. The topological polar surface area (TPSA) is 115 Å². The van der Waals surface area contributed by atoms with E-state index >= 15 is 0 Å². The molecule has 0 unspecified atom stereocenters. The first kappa shape index (κ1) is 23.5. The average Bonchev–Trinajstić information content (AvgIpc) is 2.69. The summed E-state index contributed by atoms with van der Waals surface area (Å²) in [4.78, 5) is 37.6. The molecule has 1 atom stereocenters. The first-order valence-electron chi connectivity index (χ1n) is 9.98. The molecule has 32 heavy (non-hydrogen) atoms. The number of thioether (sulfide) groups is 1. The lowest BCUT2D eigenvalue weighted by molar-refractivity contribution is -0.136. The highest BCUT2D eigenvalue weighted by Crippen LogP contribution is 2.30. The number of carbonyl (C=O) groups excluding carboxylic acids is 2. The van der Waals surface area contributed by atoms with Gasteiger partial charge >= 0.3 is 12.1 Å². The van der Waals surface area contributed by atoms with Crippen molar-refractivity contribution in [1.82, 2.24) is 5.32 Å². The smallest absolute Gasteiger partial charge is 0.408 e. The summed E-state index contributed by atoms with van der Waals surface area (Å²) in [6.07, 6.45) is 1.46. The van der Waals surface area contributed by atoms with Crippen LogP contribution in [0, 0.1) is 0 Å². The van der Waals surface area contributed by atoms with Gasteiger partial charge in [0.1, 0.15) is 39.7 Å². The zero-order chi connectivity index (χ0) is 23.5. The molecule has 0 bridgehead atoms. The number of fused-ring (bicyclic) bond motifs is 2. The van der Waals surface area contributed by atoms with Crippen LogP contribution < -0.4 is 15.5 Å². The van der Waals surface area contributed by atoms with Crippen molar-refractivity contribution in [1.29, 1.82) is 0 Å². The lowest BCUT2D eigenvalue weighted by Gasteiger charge is -2.22. The van der Waals surface area contributed by atoms with Gasteiger partial charge in [-0.2, -0.15) is 11.8 Å². The summed E-state index contributed by atoms with van der Waals surface area (Å²) in [6, 6.07) is 8.23. The molecule has 3 aromatic rings. The van der Waals surface area contributed by atoms with Crippen LogP contribution in [0.15, 0.2) is 45.6 Å². The number of rotatable bonds is 6. The fraction of sp³-hybridized carbons (Fsp3) is 0.348. The molecule has 0 aliphatic carbocycles. The van der Waals surface area contributed by atoms with Crippen LogP contribution in [0.3, 0.4) is 0 Å². The van der Waals surface area contributed by atoms with E-state index in [9.17, 15) is 19.5 Å². The third-order valence-electron chi connectivity index (χ3n) is 4.44. The lowest BCUT2D eigenvalue weighted by Crippen LogP contribution is -2.45. The summed E-state index contributed by atoms with van der Waals surface area (Å²) in [6.45, 7) is 5.16. The van der Waals surface area contributed by atoms with Crippen LogP contribution in [-0.4, -0.2) is 40.8 Å². The number of phenols is 1. The predicted octanol–water partition coefficient (Wildman–Crippen LogP) is 4.20. The van der Waals surface area contributed by atoms with Crippen LogP contribution in [0.1, 0.15) is 27.2 Å². The van der Waals surface area contributed by atoms with Crippen LogP contribution >= 0.6 is 11.8 Å². The van der Waals surface area contributed by atoms with Crippen molar-refractivity contribution in [3.63, 3.8) is 0 Å². The molecular weight excluding hydrogens is 434 g/mol. The fourth-order valence-electron chi connectivity index (χ4n) is 3.06. The number of nitrogens with one attached hydrogen (secondary N) is 1. The van der Waals surface area contributed by atoms with E-state index in [1.807, 2.05) is 6.26 Å². The van der Waals surface area contributed by atoms with Crippen molar-refractivity contribution < 1.29 is 28.6 Å². The highest BCUT2D eigenvalue weighted by molar-refractivity contribution is 7.98. The number of esters is 1. The van der Waals surface area contributed by atoms with Crippen LogP contribution in [0.2, 0.25) is 0 Å². The van der Waals surface area contributed by atoms with Gasteiger partial charge in [-0.1, -0.05) is 12.1 Å². The molecule has 0 saturated heterocycles. The van der Waals surface area contributed by atoms with Crippen molar-refractivity contribution in [2.24, 2.45) is 0 Å². The highest BCUT2D eigenvalue weighted by Gasteiger charge is 2.26. The zero-order valence-corrected chi connectivity index (χ0v) is 19.1. The maximum atomic E-state index is 12.8. The van der Waals surface area contributed by atoms with Crippen molar-refractivity contribution in [2.75, 3.05) is 12.0 Å². The number of alkyl carbamates (subject to hydrolysis) is 1. The second-order valence-corrected chi connectivity index (χ2v) is 9.13. The Balaban J connectivity index is 1.88. The number of phenolic OH excluding ortho intramolecular Hbond substituents is 1. The summed E-state index contributed by atoms with van der Waals surface area (Å²) in [5.41, 5.74) is -0.682.